The molecular formula is C25H26N4O4S. The van der Waals surface area contributed by atoms with Gasteiger partial charge in [0, 0.05) is 24.8 Å². The molecule has 4 rings (SSSR count). The largest absolute Gasteiger partial charge is 0.497 e. The first-order valence-electron chi connectivity index (χ1n) is 11.0. The smallest absolute Gasteiger partial charge is 0.248 e. The fourth-order valence-corrected chi connectivity index (χ4v) is 4.63. The van der Waals surface area contributed by atoms with Crippen molar-refractivity contribution in [1.82, 2.24) is 9.55 Å². The molecular weight excluding hydrogens is 452 g/mol. The number of rotatable bonds is 7. The van der Waals surface area contributed by atoms with Gasteiger partial charge in [-0.25, -0.2) is 4.98 Å². The molecule has 0 saturated heterocycles. The predicted octanol–water partition coefficient (Wildman–Crippen LogP) is 4.75. The molecule has 34 heavy (non-hydrogen) atoms. The number of amides is 1. The van der Waals surface area contributed by atoms with Crippen molar-refractivity contribution in [2.24, 2.45) is 5.10 Å². The second kappa shape index (κ2) is 10.1. The summed E-state index contributed by atoms with van der Waals surface area (Å²) >= 11 is 1.34. The Bertz CT molecular complexity index is 1230. The zero-order chi connectivity index (χ0) is 24.2. The first kappa shape index (κ1) is 23.6. The molecule has 1 aliphatic rings. The van der Waals surface area contributed by atoms with E-state index in [1.165, 1.54) is 16.8 Å². The van der Waals surface area contributed by atoms with Gasteiger partial charge in [-0.05, 0) is 53.7 Å². The molecule has 2 aromatic carbocycles. The molecule has 0 bridgehead atoms. The molecule has 0 saturated carbocycles. The van der Waals surface area contributed by atoms with E-state index in [1.807, 2.05) is 55.5 Å². The zero-order valence-electron chi connectivity index (χ0n) is 19.6. The third-order valence-electron chi connectivity index (χ3n) is 5.42. The average Bonchev–Trinajstić information content (AvgIpc) is 3.25. The van der Waals surface area contributed by atoms with Crippen molar-refractivity contribution in [2.45, 2.75) is 38.1 Å². The normalized spacial score (nSPS) is 12.7. The molecule has 1 aliphatic heterocycles. The van der Waals surface area contributed by atoms with E-state index < -0.39 is 0 Å². The number of aromatic nitrogens is 2. The lowest BCUT2D eigenvalue weighted by molar-refractivity contribution is -0.118. The number of fused-ring (bicyclic) bond motifs is 1. The van der Waals surface area contributed by atoms with Gasteiger partial charge in [0.15, 0.2) is 5.82 Å². The van der Waals surface area contributed by atoms with Gasteiger partial charge in [-0.15, -0.1) is 0 Å². The first-order valence-corrected chi connectivity index (χ1v) is 11.8. The highest BCUT2D eigenvalue weighted by molar-refractivity contribution is 8.14. The molecule has 0 atom stereocenters. The van der Waals surface area contributed by atoms with Crippen LogP contribution in [-0.2, 0) is 11.2 Å². The Morgan fingerprint density at radius 1 is 0.882 bits per heavy atom. The Balaban J connectivity index is 1.79. The number of hydrogen-bond donors (Lipinski definition) is 0. The Kier molecular flexibility index (Phi) is 7.02. The van der Waals surface area contributed by atoms with Gasteiger partial charge in [0.05, 0.1) is 14.2 Å². The lowest BCUT2D eigenvalue weighted by Gasteiger charge is -2.22. The van der Waals surface area contributed by atoms with E-state index >= 15 is 0 Å². The molecule has 3 aromatic rings. The number of ether oxygens (including phenoxy) is 2. The molecule has 0 fully saturated rings. The molecule has 9 heteroatoms. The van der Waals surface area contributed by atoms with Crippen LogP contribution in [0, 0.1) is 0 Å². The van der Waals surface area contributed by atoms with Gasteiger partial charge in [0.1, 0.15) is 27.4 Å². The molecule has 1 aromatic heterocycles. The number of carbonyl (C=O) groups is 2. The molecule has 1 amide bonds. The maximum atomic E-state index is 13.1. The van der Waals surface area contributed by atoms with E-state index in [9.17, 15) is 9.59 Å². The highest BCUT2D eigenvalue weighted by Crippen LogP contribution is 2.39. The van der Waals surface area contributed by atoms with Crippen molar-refractivity contribution in [3.63, 3.8) is 0 Å². The van der Waals surface area contributed by atoms with Crippen LogP contribution in [0.15, 0.2) is 58.7 Å². The number of hydrazone groups is 1. The Hall–Kier alpha value is -3.59. The number of anilines is 1. The van der Waals surface area contributed by atoms with E-state index in [1.54, 1.807) is 25.7 Å². The summed E-state index contributed by atoms with van der Waals surface area (Å²) < 4.78 is 12.1. The van der Waals surface area contributed by atoms with Gasteiger partial charge in [0.25, 0.3) is 0 Å². The van der Waals surface area contributed by atoms with Crippen LogP contribution in [0.3, 0.4) is 0 Å². The number of hydrogen-bond acceptors (Lipinski definition) is 7. The van der Waals surface area contributed by atoms with Crippen LogP contribution in [-0.4, -0.2) is 40.6 Å². The fraction of sp³-hybridized carbons (Fsp3) is 0.280. The molecule has 176 valence electrons. The summed E-state index contributed by atoms with van der Waals surface area (Å²) in [6.45, 7) is 3.59. The van der Waals surface area contributed by atoms with Crippen molar-refractivity contribution in [3.8, 4) is 11.5 Å². The van der Waals surface area contributed by atoms with Gasteiger partial charge >= 0.3 is 0 Å². The standard InChI is InChI=1S/C25H26N4O4S/c1-5-21(30)28-20(15-16-7-11-18(32-3)12-8-16)26-23-25(28)34-24(27-29(23)22(31)6-2)17-9-13-19(33-4)14-10-17/h7-14H,5-6,15H2,1-4H3. The Labute approximate surface area is 202 Å². The topological polar surface area (TPSA) is 86.0 Å². The first-order chi connectivity index (χ1) is 16.5. The third kappa shape index (κ3) is 4.56. The minimum absolute atomic E-state index is 0.0929. The number of imidazole rings is 1. The number of methoxy groups -OCH3 is 2. The molecule has 0 radical (unpaired) electrons. The van der Waals surface area contributed by atoms with Crippen LogP contribution < -0.4 is 14.5 Å². The lowest BCUT2D eigenvalue weighted by atomic mass is 10.1. The molecule has 0 spiro atoms. The minimum atomic E-state index is -0.197. The summed E-state index contributed by atoms with van der Waals surface area (Å²) in [7, 11) is 3.22. The maximum absolute atomic E-state index is 13.1. The summed E-state index contributed by atoms with van der Waals surface area (Å²) in [5, 5.41) is 7.13. The summed E-state index contributed by atoms with van der Waals surface area (Å²) in [4.78, 5) is 30.6. The van der Waals surface area contributed by atoms with Crippen molar-refractivity contribution >= 4 is 34.4 Å². The quantitative estimate of drug-likeness (QED) is 0.487. The van der Waals surface area contributed by atoms with Crippen LogP contribution >= 0.6 is 11.8 Å². The van der Waals surface area contributed by atoms with Gasteiger partial charge in [-0.1, -0.05) is 26.0 Å². The zero-order valence-corrected chi connectivity index (χ0v) is 20.4. The number of benzene rings is 2. The lowest BCUT2D eigenvalue weighted by Crippen LogP contribution is -2.29. The van der Waals surface area contributed by atoms with Crippen LogP contribution in [0.1, 0.15) is 48.4 Å². The van der Waals surface area contributed by atoms with Crippen molar-refractivity contribution in [2.75, 3.05) is 19.2 Å². The maximum Gasteiger partial charge on any atom is 0.248 e. The SMILES string of the molecule is CCC(=O)N1N=C(c2ccc(OC)cc2)Sc2c1nc(Cc1ccc(OC)cc1)n2C(=O)CC. The second-order valence-corrected chi connectivity index (χ2v) is 8.54. The summed E-state index contributed by atoms with van der Waals surface area (Å²) in [5.41, 5.74) is 1.79. The van der Waals surface area contributed by atoms with Crippen molar-refractivity contribution < 1.29 is 19.1 Å². The Morgan fingerprint density at radius 2 is 1.47 bits per heavy atom. The monoisotopic (exact) mass is 478 g/mol. The molecule has 8 nitrogen and oxygen atoms in total. The van der Waals surface area contributed by atoms with Gasteiger partial charge in [-0.2, -0.15) is 10.1 Å². The van der Waals surface area contributed by atoms with Gasteiger partial charge < -0.3 is 9.47 Å². The average molecular weight is 479 g/mol. The van der Waals surface area contributed by atoms with E-state index in [2.05, 4.69) is 5.10 Å². The van der Waals surface area contributed by atoms with E-state index in [0.29, 0.717) is 34.6 Å². The predicted molar refractivity (Wildman–Crippen MR) is 132 cm³/mol. The number of thioether (sulfide) groups is 1. The third-order valence-corrected chi connectivity index (χ3v) is 6.49. The fourth-order valence-electron chi connectivity index (χ4n) is 3.55. The number of nitrogens with zero attached hydrogens (tertiary/aromatic N) is 4. The van der Waals surface area contributed by atoms with Crippen molar-refractivity contribution in [3.05, 3.63) is 65.5 Å². The minimum Gasteiger partial charge on any atom is -0.497 e. The second-order valence-electron chi connectivity index (χ2n) is 7.56. The summed E-state index contributed by atoms with van der Waals surface area (Å²) in [6, 6.07) is 15.1. The van der Waals surface area contributed by atoms with Crippen LogP contribution in [0.2, 0.25) is 0 Å². The molecule has 0 unspecified atom stereocenters. The van der Waals surface area contributed by atoms with E-state index in [0.717, 1.165) is 22.6 Å². The van der Waals surface area contributed by atoms with Crippen LogP contribution in [0.25, 0.3) is 0 Å². The Morgan fingerprint density at radius 3 is 2.03 bits per heavy atom. The van der Waals surface area contributed by atoms with Gasteiger partial charge in [0.2, 0.25) is 11.8 Å². The highest BCUT2D eigenvalue weighted by Gasteiger charge is 2.33. The summed E-state index contributed by atoms with van der Waals surface area (Å²) in [5.74, 6) is 2.14. The molecule has 0 aliphatic carbocycles. The van der Waals surface area contributed by atoms with E-state index in [-0.39, 0.29) is 18.2 Å². The summed E-state index contributed by atoms with van der Waals surface area (Å²) in [6.07, 6.45) is 0.983. The van der Waals surface area contributed by atoms with Crippen LogP contribution in [0.5, 0.6) is 11.5 Å². The van der Waals surface area contributed by atoms with Crippen LogP contribution in [0.4, 0.5) is 5.82 Å². The molecule has 2 heterocycles. The number of carbonyl (C=O) groups excluding carboxylic acids is 2. The highest BCUT2D eigenvalue weighted by atomic mass is 32.2. The van der Waals surface area contributed by atoms with Gasteiger partial charge in [-0.3, -0.25) is 14.2 Å². The van der Waals surface area contributed by atoms with Crippen molar-refractivity contribution in [1.29, 1.82) is 0 Å². The van der Waals surface area contributed by atoms with E-state index in [4.69, 9.17) is 14.5 Å². The molecule has 0 N–H and O–H groups in total.